The van der Waals surface area contributed by atoms with Crippen LogP contribution in [0.5, 0.6) is 0 Å². The molecule has 0 spiro atoms. The Labute approximate surface area is 120 Å². The van der Waals surface area contributed by atoms with Crippen LogP contribution in [0.25, 0.3) is 0 Å². The summed E-state index contributed by atoms with van der Waals surface area (Å²) in [4.78, 5) is 22.4. The van der Waals surface area contributed by atoms with E-state index < -0.39 is 5.97 Å². The lowest BCUT2D eigenvalue weighted by Crippen LogP contribution is -2.59. The van der Waals surface area contributed by atoms with E-state index in [9.17, 15) is 9.59 Å². The van der Waals surface area contributed by atoms with Crippen LogP contribution in [0.15, 0.2) is 0 Å². The van der Waals surface area contributed by atoms with Crippen LogP contribution in [0.4, 0.5) is 0 Å². The van der Waals surface area contributed by atoms with E-state index in [4.69, 9.17) is 9.84 Å². The third kappa shape index (κ3) is 5.88. The number of amides is 1. The molecule has 0 radical (unpaired) electrons. The molecule has 1 heterocycles. The fourth-order valence-corrected chi connectivity index (χ4v) is 2.06. The molecular formula is C14H26N2O4. The van der Waals surface area contributed by atoms with E-state index in [1.54, 1.807) is 6.92 Å². The molecule has 1 amide bonds. The van der Waals surface area contributed by atoms with Gasteiger partial charge in [0, 0.05) is 19.1 Å². The van der Waals surface area contributed by atoms with Gasteiger partial charge in [-0.2, -0.15) is 0 Å². The van der Waals surface area contributed by atoms with Crippen LogP contribution in [0.3, 0.4) is 0 Å². The fourth-order valence-electron chi connectivity index (χ4n) is 2.06. The standard InChI is InChI=1S/C14H26N2O4/c1-10(13(18)19)5-4-6-11(2)16-12(17)7-20-14(3)8-15-9-14/h10-11,15H,4-9H2,1-3H3,(H,16,17)(H,18,19). The predicted molar refractivity (Wildman–Crippen MR) is 75.5 cm³/mol. The van der Waals surface area contributed by atoms with Crippen LogP contribution in [0.1, 0.15) is 40.0 Å². The van der Waals surface area contributed by atoms with E-state index in [2.05, 4.69) is 10.6 Å². The van der Waals surface area contributed by atoms with Crippen molar-refractivity contribution in [3.05, 3.63) is 0 Å². The minimum absolute atomic E-state index is 0.0411. The molecule has 1 rings (SSSR count). The summed E-state index contributed by atoms with van der Waals surface area (Å²) in [6.07, 6.45) is 2.20. The summed E-state index contributed by atoms with van der Waals surface area (Å²) < 4.78 is 5.55. The van der Waals surface area contributed by atoms with Gasteiger partial charge in [0.05, 0.1) is 11.5 Å². The predicted octanol–water partition coefficient (Wildman–Crippen LogP) is 0.761. The lowest BCUT2D eigenvalue weighted by Gasteiger charge is -2.38. The molecule has 0 saturated carbocycles. The minimum Gasteiger partial charge on any atom is -0.481 e. The third-order valence-corrected chi connectivity index (χ3v) is 3.65. The van der Waals surface area contributed by atoms with Crippen LogP contribution >= 0.6 is 0 Å². The van der Waals surface area contributed by atoms with Gasteiger partial charge in [-0.1, -0.05) is 13.3 Å². The maximum Gasteiger partial charge on any atom is 0.306 e. The van der Waals surface area contributed by atoms with E-state index in [1.807, 2.05) is 13.8 Å². The second-order valence-corrected chi connectivity index (χ2v) is 5.98. The maximum absolute atomic E-state index is 11.7. The molecular weight excluding hydrogens is 260 g/mol. The largest absolute Gasteiger partial charge is 0.481 e. The number of hydrogen-bond acceptors (Lipinski definition) is 4. The molecule has 1 fully saturated rings. The Bertz CT molecular complexity index is 342. The third-order valence-electron chi connectivity index (χ3n) is 3.65. The molecule has 6 heteroatoms. The molecule has 0 aliphatic carbocycles. The number of rotatable bonds is 9. The molecule has 6 nitrogen and oxygen atoms in total. The number of aliphatic carboxylic acids is 1. The highest BCUT2D eigenvalue weighted by atomic mass is 16.5. The van der Waals surface area contributed by atoms with E-state index in [1.165, 1.54) is 0 Å². The zero-order chi connectivity index (χ0) is 15.2. The van der Waals surface area contributed by atoms with Crippen LogP contribution in [-0.4, -0.2) is 48.3 Å². The molecule has 2 atom stereocenters. The molecule has 3 N–H and O–H groups in total. The minimum atomic E-state index is -0.766. The number of carboxylic acids is 1. The van der Waals surface area contributed by atoms with Crippen LogP contribution in [0, 0.1) is 5.92 Å². The number of carbonyl (C=O) groups is 2. The smallest absolute Gasteiger partial charge is 0.306 e. The van der Waals surface area contributed by atoms with Gasteiger partial charge in [0.15, 0.2) is 0 Å². The summed E-state index contributed by atoms with van der Waals surface area (Å²) in [6, 6.07) is 0.0411. The average Bonchev–Trinajstić information content (AvgIpc) is 2.33. The molecule has 0 bridgehead atoms. The van der Waals surface area contributed by atoms with E-state index in [-0.39, 0.29) is 30.1 Å². The number of carbonyl (C=O) groups excluding carboxylic acids is 1. The highest BCUT2D eigenvalue weighted by Gasteiger charge is 2.33. The molecule has 1 aliphatic heterocycles. The summed E-state index contributed by atoms with van der Waals surface area (Å²) in [5.41, 5.74) is -0.211. The molecule has 0 aromatic rings. The van der Waals surface area contributed by atoms with E-state index >= 15 is 0 Å². The van der Waals surface area contributed by atoms with Crippen molar-refractivity contribution in [3.63, 3.8) is 0 Å². The lowest BCUT2D eigenvalue weighted by molar-refractivity contribution is -0.141. The number of nitrogens with one attached hydrogen (secondary N) is 2. The van der Waals surface area contributed by atoms with Crippen LogP contribution in [0.2, 0.25) is 0 Å². The quantitative estimate of drug-likeness (QED) is 0.582. The Kier molecular flexibility index (Phi) is 6.42. The summed E-state index contributed by atoms with van der Waals surface area (Å²) in [5.74, 6) is -1.21. The van der Waals surface area contributed by atoms with Crippen LogP contribution in [-0.2, 0) is 14.3 Å². The van der Waals surface area contributed by atoms with Gasteiger partial charge in [0.2, 0.25) is 5.91 Å². The van der Waals surface area contributed by atoms with Crippen molar-refractivity contribution < 1.29 is 19.4 Å². The zero-order valence-electron chi connectivity index (χ0n) is 12.6. The number of ether oxygens (including phenoxy) is 1. The number of carboxylic acid groups (broad SMARTS) is 1. The molecule has 116 valence electrons. The topological polar surface area (TPSA) is 87.7 Å². The summed E-state index contributed by atoms with van der Waals surface area (Å²) in [5, 5.41) is 14.8. The summed E-state index contributed by atoms with van der Waals surface area (Å²) in [7, 11) is 0. The van der Waals surface area contributed by atoms with Crippen molar-refractivity contribution in [1.82, 2.24) is 10.6 Å². The first-order valence-corrected chi connectivity index (χ1v) is 7.19. The molecule has 0 aromatic carbocycles. The van der Waals surface area contributed by atoms with Crippen molar-refractivity contribution in [2.75, 3.05) is 19.7 Å². The molecule has 0 aromatic heterocycles. The van der Waals surface area contributed by atoms with Gasteiger partial charge >= 0.3 is 5.97 Å². The van der Waals surface area contributed by atoms with Crippen LogP contribution < -0.4 is 10.6 Å². The normalized spacial score (nSPS) is 19.8. The molecule has 1 aliphatic rings. The van der Waals surface area contributed by atoms with Gasteiger partial charge in [-0.05, 0) is 26.7 Å². The monoisotopic (exact) mass is 286 g/mol. The lowest BCUT2D eigenvalue weighted by atomic mass is 10.0. The van der Waals surface area contributed by atoms with Crippen molar-refractivity contribution in [2.24, 2.45) is 5.92 Å². The van der Waals surface area contributed by atoms with Crippen molar-refractivity contribution in [2.45, 2.75) is 51.7 Å². The highest BCUT2D eigenvalue weighted by molar-refractivity contribution is 5.77. The maximum atomic E-state index is 11.7. The fraction of sp³-hybridized carbons (Fsp3) is 0.857. The first-order valence-electron chi connectivity index (χ1n) is 7.19. The Morgan fingerprint density at radius 3 is 2.50 bits per heavy atom. The number of hydrogen-bond donors (Lipinski definition) is 3. The SMILES string of the molecule is CC(CCCC(C)C(=O)O)NC(=O)COC1(C)CNC1. The average molecular weight is 286 g/mol. The Morgan fingerprint density at radius 2 is 2.00 bits per heavy atom. The van der Waals surface area contributed by atoms with Crippen molar-refractivity contribution in [3.8, 4) is 0 Å². The molecule has 20 heavy (non-hydrogen) atoms. The zero-order valence-corrected chi connectivity index (χ0v) is 12.6. The van der Waals surface area contributed by atoms with Gasteiger partial charge in [-0.3, -0.25) is 9.59 Å². The van der Waals surface area contributed by atoms with Gasteiger partial charge in [-0.25, -0.2) is 0 Å². The highest BCUT2D eigenvalue weighted by Crippen LogP contribution is 2.14. The molecule has 2 unspecified atom stereocenters. The second kappa shape index (κ2) is 7.59. The van der Waals surface area contributed by atoms with E-state index in [0.29, 0.717) is 6.42 Å². The van der Waals surface area contributed by atoms with Crippen molar-refractivity contribution in [1.29, 1.82) is 0 Å². The Balaban J connectivity index is 2.10. The van der Waals surface area contributed by atoms with Gasteiger partial charge in [0.1, 0.15) is 6.61 Å². The summed E-state index contributed by atoms with van der Waals surface area (Å²) >= 11 is 0. The van der Waals surface area contributed by atoms with Gasteiger partial charge in [-0.15, -0.1) is 0 Å². The van der Waals surface area contributed by atoms with E-state index in [0.717, 1.165) is 25.9 Å². The Morgan fingerprint density at radius 1 is 1.35 bits per heavy atom. The summed E-state index contributed by atoms with van der Waals surface area (Å²) in [6.45, 7) is 7.25. The van der Waals surface area contributed by atoms with Gasteiger partial charge in [0.25, 0.3) is 0 Å². The molecule has 1 saturated heterocycles. The first-order chi connectivity index (χ1) is 9.32. The Hall–Kier alpha value is -1.14. The van der Waals surface area contributed by atoms with Gasteiger partial charge < -0.3 is 20.5 Å². The second-order valence-electron chi connectivity index (χ2n) is 5.98. The first kappa shape index (κ1) is 16.9. The van der Waals surface area contributed by atoms with Crippen molar-refractivity contribution >= 4 is 11.9 Å².